The van der Waals surface area contributed by atoms with Gasteiger partial charge in [-0.2, -0.15) is 0 Å². The second-order valence-electron chi connectivity index (χ2n) is 7.43. The van der Waals surface area contributed by atoms with Gasteiger partial charge in [-0.15, -0.1) is 10.2 Å². The number of carbonyl (C=O) groups excluding carboxylic acids is 1. The molecule has 1 saturated heterocycles. The first-order valence-corrected chi connectivity index (χ1v) is 9.97. The molecule has 0 bridgehead atoms. The summed E-state index contributed by atoms with van der Waals surface area (Å²) < 4.78 is 7.80. The summed E-state index contributed by atoms with van der Waals surface area (Å²) in [5.41, 5.74) is 2.03. The van der Waals surface area contributed by atoms with Crippen LogP contribution in [0.15, 0.2) is 48.7 Å². The van der Waals surface area contributed by atoms with Crippen LogP contribution < -0.4 is 4.74 Å². The zero-order valence-electron chi connectivity index (χ0n) is 16.3. The van der Waals surface area contributed by atoms with Crippen LogP contribution in [0.25, 0.3) is 5.65 Å². The van der Waals surface area contributed by atoms with Crippen molar-refractivity contribution < 1.29 is 9.53 Å². The number of hydrogen-bond acceptors (Lipinski definition) is 4. The Kier molecular flexibility index (Phi) is 5.55. The highest BCUT2D eigenvalue weighted by atomic mass is 16.5. The Morgan fingerprint density at radius 2 is 2.14 bits per heavy atom. The Labute approximate surface area is 165 Å². The number of pyridine rings is 1. The van der Waals surface area contributed by atoms with Crippen LogP contribution in [0, 0.1) is 6.92 Å². The maximum atomic E-state index is 12.7. The van der Waals surface area contributed by atoms with Gasteiger partial charge in [0.1, 0.15) is 11.6 Å². The quantitative estimate of drug-likeness (QED) is 0.615. The number of amides is 1. The van der Waals surface area contributed by atoms with Crippen LogP contribution in [-0.4, -0.2) is 45.1 Å². The van der Waals surface area contributed by atoms with Crippen molar-refractivity contribution in [3.05, 3.63) is 60.0 Å². The molecule has 0 saturated carbocycles. The number of fused-ring (bicyclic) bond motifs is 1. The molecule has 1 aromatic carbocycles. The normalized spacial score (nSPS) is 17.0. The van der Waals surface area contributed by atoms with Gasteiger partial charge in [0.15, 0.2) is 5.65 Å². The fourth-order valence-corrected chi connectivity index (χ4v) is 3.83. The van der Waals surface area contributed by atoms with Crippen LogP contribution >= 0.6 is 0 Å². The molecule has 0 N–H and O–H groups in total. The molecule has 6 heteroatoms. The number of nitrogens with zero attached hydrogens (tertiary/aromatic N) is 4. The molecule has 1 atom stereocenters. The van der Waals surface area contributed by atoms with E-state index in [0.29, 0.717) is 19.6 Å². The maximum absolute atomic E-state index is 12.7. The first-order chi connectivity index (χ1) is 13.7. The molecule has 0 aliphatic carbocycles. The second-order valence-corrected chi connectivity index (χ2v) is 7.43. The highest BCUT2D eigenvalue weighted by Gasteiger charge is 2.27. The SMILES string of the molecule is Cc1cccc(OCCCC(=O)N2CCC[C@H](c3nnc4ccccn34)C2)c1. The number of piperidine rings is 1. The Bertz CT molecular complexity index is 952. The molecule has 3 aromatic rings. The highest BCUT2D eigenvalue weighted by molar-refractivity contribution is 5.76. The zero-order chi connectivity index (χ0) is 19.3. The lowest BCUT2D eigenvalue weighted by molar-refractivity contribution is -0.132. The summed E-state index contributed by atoms with van der Waals surface area (Å²) in [5.74, 6) is 2.25. The Hall–Kier alpha value is -2.89. The first kappa shape index (κ1) is 18.5. The van der Waals surface area contributed by atoms with E-state index in [1.54, 1.807) is 0 Å². The summed E-state index contributed by atoms with van der Waals surface area (Å²) >= 11 is 0. The Morgan fingerprint density at radius 3 is 3.04 bits per heavy atom. The number of carbonyl (C=O) groups is 1. The number of likely N-dealkylation sites (tertiary alicyclic amines) is 1. The van der Waals surface area contributed by atoms with Crippen LogP contribution in [0.3, 0.4) is 0 Å². The smallest absolute Gasteiger partial charge is 0.222 e. The molecule has 6 nitrogen and oxygen atoms in total. The van der Waals surface area contributed by atoms with Gasteiger partial charge >= 0.3 is 0 Å². The number of rotatable bonds is 6. The van der Waals surface area contributed by atoms with Crippen molar-refractivity contribution in [3.63, 3.8) is 0 Å². The third kappa shape index (κ3) is 4.16. The van der Waals surface area contributed by atoms with Crippen molar-refractivity contribution in [2.24, 2.45) is 0 Å². The van der Waals surface area contributed by atoms with Gasteiger partial charge in [-0.25, -0.2) is 0 Å². The fourth-order valence-electron chi connectivity index (χ4n) is 3.83. The van der Waals surface area contributed by atoms with Crippen molar-refractivity contribution in [1.29, 1.82) is 0 Å². The average Bonchev–Trinajstić information content (AvgIpc) is 3.15. The lowest BCUT2D eigenvalue weighted by Gasteiger charge is -2.32. The van der Waals surface area contributed by atoms with Crippen molar-refractivity contribution >= 4 is 11.6 Å². The third-order valence-corrected chi connectivity index (χ3v) is 5.27. The van der Waals surface area contributed by atoms with Crippen molar-refractivity contribution in [2.75, 3.05) is 19.7 Å². The van der Waals surface area contributed by atoms with Gasteiger partial charge in [0.25, 0.3) is 0 Å². The van der Waals surface area contributed by atoms with Gasteiger partial charge in [-0.3, -0.25) is 9.20 Å². The third-order valence-electron chi connectivity index (χ3n) is 5.27. The van der Waals surface area contributed by atoms with Crippen LogP contribution in [0.2, 0.25) is 0 Å². The van der Waals surface area contributed by atoms with Crippen LogP contribution in [0.5, 0.6) is 5.75 Å². The predicted molar refractivity (Wildman–Crippen MR) is 107 cm³/mol. The summed E-state index contributed by atoms with van der Waals surface area (Å²) in [6.45, 7) is 4.14. The van der Waals surface area contributed by atoms with E-state index >= 15 is 0 Å². The highest BCUT2D eigenvalue weighted by Crippen LogP contribution is 2.26. The molecule has 4 rings (SSSR count). The topological polar surface area (TPSA) is 59.7 Å². The zero-order valence-corrected chi connectivity index (χ0v) is 16.3. The minimum absolute atomic E-state index is 0.200. The molecule has 0 spiro atoms. The molecule has 0 unspecified atom stereocenters. The molecule has 1 amide bonds. The van der Waals surface area contributed by atoms with E-state index in [0.717, 1.165) is 43.0 Å². The van der Waals surface area contributed by atoms with Gasteiger partial charge in [-0.1, -0.05) is 18.2 Å². The average molecular weight is 378 g/mol. The number of benzene rings is 1. The molecule has 1 aliphatic heterocycles. The van der Waals surface area contributed by atoms with Gasteiger partial charge in [0.05, 0.1) is 6.61 Å². The fraction of sp³-hybridized carbons (Fsp3) is 0.409. The van der Waals surface area contributed by atoms with E-state index in [1.807, 2.05) is 64.9 Å². The molecule has 1 aliphatic rings. The maximum Gasteiger partial charge on any atom is 0.222 e. The lowest BCUT2D eigenvalue weighted by atomic mass is 9.97. The van der Waals surface area contributed by atoms with Crippen LogP contribution in [0.1, 0.15) is 43.0 Å². The van der Waals surface area contributed by atoms with E-state index in [-0.39, 0.29) is 11.8 Å². The molecule has 3 heterocycles. The number of ether oxygens (including phenoxy) is 1. The molecular weight excluding hydrogens is 352 g/mol. The number of hydrogen-bond donors (Lipinski definition) is 0. The first-order valence-electron chi connectivity index (χ1n) is 9.97. The Balaban J connectivity index is 1.30. The van der Waals surface area contributed by atoms with E-state index < -0.39 is 0 Å². The standard InChI is InChI=1S/C22H26N4O2/c1-17-7-4-9-19(15-17)28-14-6-11-21(27)25-12-5-8-18(16-25)22-24-23-20-10-2-3-13-26(20)22/h2-4,7,9-10,13,15,18H,5-6,8,11-12,14,16H2,1H3/t18-/m0/s1. The molecular formula is C22H26N4O2. The summed E-state index contributed by atoms with van der Waals surface area (Å²) in [7, 11) is 0. The number of aryl methyl sites for hydroxylation is 1. The predicted octanol–water partition coefficient (Wildman–Crippen LogP) is 3.60. The second kappa shape index (κ2) is 8.42. The van der Waals surface area contributed by atoms with Gasteiger partial charge < -0.3 is 9.64 Å². The minimum atomic E-state index is 0.200. The summed E-state index contributed by atoms with van der Waals surface area (Å²) in [6.07, 6.45) is 5.27. The summed E-state index contributed by atoms with van der Waals surface area (Å²) in [5, 5.41) is 8.64. The molecule has 1 fully saturated rings. The lowest BCUT2D eigenvalue weighted by Crippen LogP contribution is -2.39. The van der Waals surface area contributed by atoms with E-state index in [1.165, 1.54) is 5.56 Å². The molecule has 0 radical (unpaired) electrons. The molecule has 28 heavy (non-hydrogen) atoms. The summed E-state index contributed by atoms with van der Waals surface area (Å²) in [6, 6.07) is 13.9. The molecule has 146 valence electrons. The van der Waals surface area contributed by atoms with Crippen molar-refractivity contribution in [3.8, 4) is 5.75 Å². The molecule has 2 aromatic heterocycles. The Morgan fingerprint density at radius 1 is 1.21 bits per heavy atom. The number of aromatic nitrogens is 3. The van der Waals surface area contributed by atoms with Gasteiger partial charge in [0, 0.05) is 31.6 Å². The van der Waals surface area contributed by atoms with Gasteiger partial charge in [-0.05, 0) is 56.0 Å². The largest absolute Gasteiger partial charge is 0.494 e. The summed E-state index contributed by atoms with van der Waals surface area (Å²) in [4.78, 5) is 14.6. The van der Waals surface area contributed by atoms with Crippen LogP contribution in [-0.2, 0) is 4.79 Å². The minimum Gasteiger partial charge on any atom is -0.494 e. The van der Waals surface area contributed by atoms with Gasteiger partial charge in [0.2, 0.25) is 5.91 Å². The van der Waals surface area contributed by atoms with E-state index in [9.17, 15) is 4.79 Å². The van der Waals surface area contributed by atoms with Crippen molar-refractivity contribution in [2.45, 2.75) is 38.5 Å². The van der Waals surface area contributed by atoms with E-state index in [4.69, 9.17) is 4.74 Å². The van der Waals surface area contributed by atoms with E-state index in [2.05, 4.69) is 10.2 Å². The van der Waals surface area contributed by atoms with Crippen molar-refractivity contribution in [1.82, 2.24) is 19.5 Å². The van der Waals surface area contributed by atoms with Crippen LogP contribution in [0.4, 0.5) is 0 Å². The monoisotopic (exact) mass is 378 g/mol.